The minimum absolute atomic E-state index is 0.180. The van der Waals surface area contributed by atoms with Gasteiger partial charge in [0.25, 0.3) is 0 Å². The summed E-state index contributed by atoms with van der Waals surface area (Å²) in [6.45, 7) is 1.50. The van der Waals surface area contributed by atoms with E-state index in [2.05, 4.69) is 10.1 Å². The van der Waals surface area contributed by atoms with Crippen LogP contribution in [0.15, 0.2) is 35.5 Å². The molecule has 0 aromatic heterocycles. The molecule has 0 unspecified atom stereocenters. The van der Waals surface area contributed by atoms with Crippen LogP contribution in [0.5, 0.6) is 0 Å². The van der Waals surface area contributed by atoms with Gasteiger partial charge in [-0.05, 0) is 6.92 Å². The Morgan fingerprint density at radius 1 is 1.30 bits per heavy atom. The topological polar surface area (TPSA) is 95.9 Å². The van der Waals surface area contributed by atoms with Gasteiger partial charge in [0.1, 0.15) is 5.57 Å². The number of aliphatic hydroxyl groups is 2. The lowest BCUT2D eigenvalue weighted by atomic mass is 9.85. The average Bonchev–Trinajstić information content (AvgIpc) is 2.74. The Morgan fingerprint density at radius 3 is 2.60 bits per heavy atom. The van der Waals surface area contributed by atoms with Gasteiger partial charge in [-0.15, -0.1) is 0 Å². The van der Waals surface area contributed by atoms with Crippen LogP contribution in [0, 0.1) is 0 Å². The Kier molecular flexibility index (Phi) is 2.36. The summed E-state index contributed by atoms with van der Waals surface area (Å²) in [4.78, 5) is 24.4. The molecule has 0 amide bonds. The number of carbonyl (C=O) groups excluding carboxylic acids is 2. The molecule has 0 radical (unpaired) electrons. The van der Waals surface area contributed by atoms with Crippen LogP contribution in [-0.4, -0.2) is 34.7 Å². The van der Waals surface area contributed by atoms with Gasteiger partial charge in [0.15, 0.2) is 0 Å². The first-order valence-electron chi connectivity index (χ1n) is 6.05. The SMILES string of the molecule is COC(=O)C1=C(C)N[C@@]2(O)c3ccccc3C(=O)[C@@]12O. The van der Waals surface area contributed by atoms with Crippen LogP contribution in [0.25, 0.3) is 0 Å². The smallest absolute Gasteiger partial charge is 0.339 e. The lowest BCUT2D eigenvalue weighted by Gasteiger charge is -2.31. The standard InChI is InChI=1S/C14H13NO5/c1-7-10(12(17)20-2)13(18)11(16)8-5-3-4-6-9(8)14(13,19)15-7/h3-6,15,18-19H,1-2H3/t13-,14+/m0/s1. The van der Waals surface area contributed by atoms with Gasteiger partial charge in [-0.1, -0.05) is 24.3 Å². The number of methoxy groups -OCH3 is 1. The number of fused-ring (bicyclic) bond motifs is 3. The van der Waals surface area contributed by atoms with Crippen molar-refractivity contribution < 1.29 is 24.5 Å². The van der Waals surface area contributed by atoms with Crippen molar-refractivity contribution in [2.24, 2.45) is 0 Å². The summed E-state index contributed by atoms with van der Waals surface area (Å²) in [5, 5.41) is 24.2. The first-order chi connectivity index (χ1) is 9.38. The van der Waals surface area contributed by atoms with E-state index in [9.17, 15) is 19.8 Å². The maximum atomic E-state index is 12.5. The summed E-state index contributed by atoms with van der Waals surface area (Å²) in [6, 6.07) is 6.30. The van der Waals surface area contributed by atoms with Crippen LogP contribution in [0.1, 0.15) is 22.8 Å². The van der Waals surface area contributed by atoms with Crippen molar-refractivity contribution >= 4 is 11.8 Å². The van der Waals surface area contributed by atoms with E-state index >= 15 is 0 Å². The highest BCUT2D eigenvalue weighted by atomic mass is 16.5. The molecule has 1 aromatic carbocycles. The van der Waals surface area contributed by atoms with Crippen molar-refractivity contribution in [1.82, 2.24) is 5.32 Å². The molecule has 0 spiro atoms. The van der Waals surface area contributed by atoms with Crippen molar-refractivity contribution in [1.29, 1.82) is 0 Å². The van der Waals surface area contributed by atoms with Crippen LogP contribution in [0.2, 0.25) is 0 Å². The zero-order chi connectivity index (χ0) is 14.7. The highest BCUT2D eigenvalue weighted by Gasteiger charge is 2.70. The van der Waals surface area contributed by atoms with Gasteiger partial charge >= 0.3 is 5.97 Å². The molecule has 3 N–H and O–H groups in total. The minimum Gasteiger partial charge on any atom is -0.466 e. The molecule has 20 heavy (non-hydrogen) atoms. The highest BCUT2D eigenvalue weighted by molar-refractivity contribution is 6.16. The molecule has 1 aliphatic carbocycles. The van der Waals surface area contributed by atoms with E-state index in [1.165, 1.54) is 19.1 Å². The molecule has 0 saturated heterocycles. The number of Topliss-reactive ketones (excluding diaryl/α,β-unsaturated/α-hetero) is 1. The van der Waals surface area contributed by atoms with Gasteiger partial charge in [-0.25, -0.2) is 4.79 Å². The fourth-order valence-electron chi connectivity index (χ4n) is 3.01. The number of ether oxygens (including phenoxy) is 1. The van der Waals surface area contributed by atoms with Crippen molar-refractivity contribution in [3.63, 3.8) is 0 Å². The third kappa shape index (κ3) is 1.16. The fraction of sp³-hybridized carbons (Fsp3) is 0.286. The zero-order valence-corrected chi connectivity index (χ0v) is 10.9. The summed E-state index contributed by atoms with van der Waals surface area (Å²) < 4.78 is 4.61. The quantitative estimate of drug-likeness (QED) is 0.615. The van der Waals surface area contributed by atoms with Gasteiger partial charge in [-0.2, -0.15) is 0 Å². The number of esters is 1. The van der Waals surface area contributed by atoms with Crippen LogP contribution in [0.4, 0.5) is 0 Å². The number of ketones is 1. The van der Waals surface area contributed by atoms with Crippen molar-refractivity contribution in [2.75, 3.05) is 7.11 Å². The Morgan fingerprint density at radius 2 is 1.95 bits per heavy atom. The second kappa shape index (κ2) is 3.68. The van der Waals surface area contributed by atoms with E-state index in [4.69, 9.17) is 0 Å². The Bertz CT molecular complexity index is 680. The van der Waals surface area contributed by atoms with Crippen LogP contribution in [0.3, 0.4) is 0 Å². The number of benzene rings is 1. The lowest BCUT2D eigenvalue weighted by Crippen LogP contribution is -2.56. The molecular weight excluding hydrogens is 262 g/mol. The zero-order valence-electron chi connectivity index (χ0n) is 10.9. The second-order valence-corrected chi connectivity index (χ2v) is 4.91. The van der Waals surface area contributed by atoms with E-state index < -0.39 is 23.1 Å². The molecule has 1 aliphatic heterocycles. The molecule has 0 saturated carbocycles. The van der Waals surface area contributed by atoms with E-state index in [1.807, 2.05) is 0 Å². The first-order valence-corrected chi connectivity index (χ1v) is 6.05. The Balaban J connectivity index is 2.28. The molecule has 6 nitrogen and oxygen atoms in total. The number of hydrogen-bond donors (Lipinski definition) is 3. The number of allylic oxidation sites excluding steroid dienone is 1. The largest absolute Gasteiger partial charge is 0.466 e. The summed E-state index contributed by atoms with van der Waals surface area (Å²) in [6.07, 6.45) is 0. The number of carbonyl (C=O) groups is 2. The van der Waals surface area contributed by atoms with Crippen LogP contribution >= 0.6 is 0 Å². The van der Waals surface area contributed by atoms with Gasteiger partial charge in [0, 0.05) is 16.8 Å². The predicted molar refractivity (Wildman–Crippen MR) is 67.5 cm³/mol. The van der Waals surface area contributed by atoms with Crippen LogP contribution < -0.4 is 5.32 Å². The maximum absolute atomic E-state index is 12.5. The number of nitrogens with one attached hydrogen (secondary N) is 1. The highest BCUT2D eigenvalue weighted by Crippen LogP contribution is 2.51. The monoisotopic (exact) mass is 275 g/mol. The summed E-state index contributed by atoms with van der Waals surface area (Å²) in [5.74, 6) is -1.57. The Labute approximate surface area is 114 Å². The summed E-state index contributed by atoms with van der Waals surface area (Å²) >= 11 is 0. The summed E-state index contributed by atoms with van der Waals surface area (Å²) in [5.41, 5.74) is -4.04. The molecule has 0 bridgehead atoms. The van der Waals surface area contributed by atoms with Crippen molar-refractivity contribution in [2.45, 2.75) is 18.2 Å². The van der Waals surface area contributed by atoms with E-state index in [-0.39, 0.29) is 22.4 Å². The molecular formula is C14H13NO5. The molecule has 1 heterocycles. The van der Waals surface area contributed by atoms with Gasteiger partial charge in [-0.3, -0.25) is 4.79 Å². The maximum Gasteiger partial charge on any atom is 0.339 e. The lowest BCUT2D eigenvalue weighted by molar-refractivity contribution is -0.144. The molecule has 104 valence electrons. The average molecular weight is 275 g/mol. The van der Waals surface area contributed by atoms with Crippen molar-refractivity contribution in [3.05, 3.63) is 46.7 Å². The van der Waals surface area contributed by atoms with Gasteiger partial charge < -0.3 is 20.3 Å². The van der Waals surface area contributed by atoms with E-state index in [0.717, 1.165) is 7.11 Å². The molecule has 2 aliphatic rings. The molecule has 6 heteroatoms. The van der Waals surface area contributed by atoms with Gasteiger partial charge in [0.05, 0.1) is 7.11 Å². The van der Waals surface area contributed by atoms with Crippen LogP contribution in [-0.2, 0) is 15.3 Å². The molecule has 3 rings (SSSR count). The van der Waals surface area contributed by atoms with Crippen molar-refractivity contribution in [3.8, 4) is 0 Å². The third-order valence-electron chi connectivity index (χ3n) is 3.91. The summed E-state index contributed by atoms with van der Waals surface area (Å²) in [7, 11) is 1.15. The fourth-order valence-corrected chi connectivity index (χ4v) is 3.01. The predicted octanol–water partition coefficient (Wildman–Crippen LogP) is -0.191. The Hall–Kier alpha value is -2.18. The minimum atomic E-state index is -2.37. The van der Waals surface area contributed by atoms with E-state index in [0.29, 0.717) is 0 Å². The van der Waals surface area contributed by atoms with Gasteiger partial charge in [0.2, 0.25) is 17.1 Å². The second-order valence-electron chi connectivity index (χ2n) is 4.91. The normalized spacial score (nSPS) is 30.9. The number of rotatable bonds is 1. The molecule has 2 atom stereocenters. The molecule has 0 fully saturated rings. The third-order valence-corrected chi connectivity index (χ3v) is 3.91. The molecule has 1 aromatic rings. The first kappa shape index (κ1) is 12.8. The van der Waals surface area contributed by atoms with E-state index in [1.54, 1.807) is 12.1 Å². The number of hydrogen-bond acceptors (Lipinski definition) is 6.